The minimum Gasteiger partial charge on any atom is -0.355 e. The van der Waals surface area contributed by atoms with E-state index in [-0.39, 0.29) is 18.2 Å². The number of rotatable bonds is 5. The van der Waals surface area contributed by atoms with Crippen LogP contribution >= 0.6 is 23.2 Å². The highest BCUT2D eigenvalue weighted by molar-refractivity contribution is 6.35. The molecule has 1 aromatic rings. The summed E-state index contributed by atoms with van der Waals surface area (Å²) in [4.78, 5) is 25.7. The average molecular weight is 357 g/mol. The summed E-state index contributed by atoms with van der Waals surface area (Å²) in [5, 5.41) is 3.95. The first-order chi connectivity index (χ1) is 11.0. The van der Waals surface area contributed by atoms with Gasteiger partial charge >= 0.3 is 0 Å². The van der Waals surface area contributed by atoms with Gasteiger partial charge in [0.15, 0.2) is 0 Å². The number of benzene rings is 1. The maximum Gasteiger partial charge on any atom is 0.232 e. The third-order valence-corrected chi connectivity index (χ3v) is 4.77. The molecule has 0 aliphatic carbocycles. The Morgan fingerprint density at radius 3 is 2.61 bits per heavy atom. The topological polar surface area (TPSA) is 49.4 Å². The van der Waals surface area contributed by atoms with Crippen molar-refractivity contribution in [3.63, 3.8) is 0 Å². The first kappa shape index (κ1) is 18.1. The molecule has 1 fully saturated rings. The van der Waals surface area contributed by atoms with E-state index >= 15 is 0 Å². The predicted octanol–water partition coefficient (Wildman–Crippen LogP) is 3.30. The number of halogens is 2. The van der Waals surface area contributed by atoms with E-state index in [1.165, 1.54) is 0 Å². The minimum atomic E-state index is -0.237. The minimum absolute atomic E-state index is 0.0806. The van der Waals surface area contributed by atoms with E-state index in [0.29, 0.717) is 28.9 Å². The largest absolute Gasteiger partial charge is 0.355 e. The van der Waals surface area contributed by atoms with E-state index in [1.807, 2.05) is 6.07 Å². The molecular formula is C17H22Cl2N2O2. The van der Waals surface area contributed by atoms with Crippen LogP contribution in [0.5, 0.6) is 0 Å². The third kappa shape index (κ3) is 5.70. The normalized spacial score (nSPS) is 15.5. The number of nitrogens with zero attached hydrogens (tertiary/aromatic N) is 1. The van der Waals surface area contributed by atoms with Crippen molar-refractivity contribution in [2.75, 3.05) is 19.6 Å². The van der Waals surface area contributed by atoms with Crippen LogP contribution in [0.4, 0.5) is 0 Å². The Hall–Kier alpha value is -1.26. The maximum absolute atomic E-state index is 12.1. The summed E-state index contributed by atoms with van der Waals surface area (Å²) in [6.07, 6.45) is 2.56. The molecular weight excluding hydrogens is 335 g/mol. The fourth-order valence-electron chi connectivity index (χ4n) is 2.63. The molecule has 4 nitrogen and oxygen atoms in total. The first-order valence-electron chi connectivity index (χ1n) is 7.94. The smallest absolute Gasteiger partial charge is 0.232 e. The molecule has 2 rings (SSSR count). The second-order valence-electron chi connectivity index (χ2n) is 6.08. The molecule has 0 radical (unpaired) electrons. The molecule has 0 saturated carbocycles. The van der Waals surface area contributed by atoms with Gasteiger partial charge in [-0.1, -0.05) is 36.2 Å². The van der Waals surface area contributed by atoms with Crippen LogP contribution in [0, 0.1) is 5.92 Å². The van der Waals surface area contributed by atoms with Crippen LogP contribution in [0.3, 0.4) is 0 Å². The van der Waals surface area contributed by atoms with Gasteiger partial charge in [0, 0.05) is 29.7 Å². The third-order valence-electron chi connectivity index (χ3n) is 4.18. The Morgan fingerprint density at radius 2 is 1.96 bits per heavy atom. The number of hydrogen-bond acceptors (Lipinski definition) is 2. The summed E-state index contributed by atoms with van der Waals surface area (Å²) in [7, 11) is 0. The molecule has 1 heterocycles. The van der Waals surface area contributed by atoms with Crippen molar-refractivity contribution in [2.45, 2.75) is 32.6 Å². The fourth-order valence-corrected chi connectivity index (χ4v) is 3.13. The van der Waals surface area contributed by atoms with Crippen LogP contribution < -0.4 is 5.32 Å². The Morgan fingerprint density at radius 1 is 1.26 bits per heavy atom. The summed E-state index contributed by atoms with van der Waals surface area (Å²) in [5.41, 5.74) is 0.924. The number of carbonyl (C=O) groups excluding carboxylic acids is 2. The summed E-state index contributed by atoms with van der Waals surface area (Å²) in [6, 6.07) is 5.30. The van der Waals surface area contributed by atoms with Gasteiger partial charge in [0.1, 0.15) is 6.42 Å². The van der Waals surface area contributed by atoms with Crippen LogP contribution in [0.15, 0.2) is 18.2 Å². The highest BCUT2D eigenvalue weighted by Gasteiger charge is 2.21. The molecule has 23 heavy (non-hydrogen) atoms. The van der Waals surface area contributed by atoms with Crippen molar-refractivity contribution in [1.82, 2.24) is 10.2 Å². The van der Waals surface area contributed by atoms with E-state index in [9.17, 15) is 9.59 Å². The molecule has 0 atom stereocenters. The zero-order chi connectivity index (χ0) is 16.8. The van der Waals surface area contributed by atoms with Crippen molar-refractivity contribution in [1.29, 1.82) is 0 Å². The van der Waals surface area contributed by atoms with Gasteiger partial charge in [0.25, 0.3) is 0 Å². The molecule has 1 N–H and O–H groups in total. The van der Waals surface area contributed by atoms with Crippen LogP contribution in [0.1, 0.15) is 31.7 Å². The van der Waals surface area contributed by atoms with Crippen molar-refractivity contribution in [3.05, 3.63) is 33.8 Å². The molecule has 1 aliphatic rings. The van der Waals surface area contributed by atoms with E-state index in [4.69, 9.17) is 23.2 Å². The second kappa shape index (κ2) is 8.55. The van der Waals surface area contributed by atoms with Crippen LogP contribution in [-0.4, -0.2) is 36.3 Å². The molecule has 1 aromatic carbocycles. The van der Waals surface area contributed by atoms with Crippen molar-refractivity contribution in [3.8, 4) is 0 Å². The summed E-state index contributed by atoms with van der Waals surface area (Å²) in [6.45, 7) is 4.16. The first-order valence-corrected chi connectivity index (χ1v) is 8.69. The number of nitrogens with one attached hydrogen (secondary N) is 1. The highest BCUT2D eigenvalue weighted by Crippen LogP contribution is 2.21. The lowest BCUT2D eigenvalue weighted by Gasteiger charge is -2.30. The molecule has 0 aromatic heterocycles. The zero-order valence-corrected chi connectivity index (χ0v) is 14.8. The van der Waals surface area contributed by atoms with E-state index in [2.05, 4.69) is 12.2 Å². The number of likely N-dealkylation sites (tertiary alicyclic amines) is 1. The average Bonchev–Trinajstić information content (AvgIpc) is 2.50. The van der Waals surface area contributed by atoms with Gasteiger partial charge in [0.2, 0.25) is 11.8 Å². The van der Waals surface area contributed by atoms with Gasteiger partial charge < -0.3 is 10.2 Å². The van der Waals surface area contributed by atoms with Crippen molar-refractivity contribution < 1.29 is 9.59 Å². The van der Waals surface area contributed by atoms with Gasteiger partial charge in [-0.3, -0.25) is 9.59 Å². The van der Waals surface area contributed by atoms with Gasteiger partial charge in [-0.25, -0.2) is 0 Å². The van der Waals surface area contributed by atoms with Gasteiger partial charge in [0.05, 0.1) is 0 Å². The highest BCUT2D eigenvalue weighted by atomic mass is 35.5. The van der Waals surface area contributed by atoms with E-state index < -0.39 is 0 Å². The van der Waals surface area contributed by atoms with Crippen molar-refractivity contribution in [2.24, 2.45) is 5.92 Å². The Balaban J connectivity index is 1.71. The fraction of sp³-hybridized carbons (Fsp3) is 0.529. The molecule has 126 valence electrons. The predicted molar refractivity (Wildman–Crippen MR) is 92.8 cm³/mol. The number of piperidine rings is 1. The van der Waals surface area contributed by atoms with Gasteiger partial charge in [-0.15, -0.1) is 0 Å². The molecule has 1 aliphatic heterocycles. The lowest BCUT2D eigenvalue weighted by molar-refractivity contribution is -0.137. The second-order valence-corrected chi connectivity index (χ2v) is 6.92. The van der Waals surface area contributed by atoms with Crippen LogP contribution in [0.25, 0.3) is 0 Å². The Kier molecular flexibility index (Phi) is 6.72. The molecule has 2 amide bonds. The van der Waals surface area contributed by atoms with Crippen LogP contribution in [-0.2, 0) is 16.0 Å². The Bertz CT molecular complexity index is 570. The van der Waals surface area contributed by atoms with E-state index in [1.54, 1.807) is 17.0 Å². The summed E-state index contributed by atoms with van der Waals surface area (Å²) < 4.78 is 0. The van der Waals surface area contributed by atoms with Crippen LogP contribution in [0.2, 0.25) is 10.0 Å². The summed E-state index contributed by atoms with van der Waals surface area (Å²) >= 11 is 11.9. The molecule has 0 spiro atoms. The van der Waals surface area contributed by atoms with Gasteiger partial charge in [-0.2, -0.15) is 0 Å². The Labute approximate surface area is 147 Å². The lowest BCUT2D eigenvalue weighted by Crippen LogP contribution is -2.40. The summed E-state index contributed by atoms with van der Waals surface area (Å²) in [5.74, 6) is 0.342. The SMILES string of the molecule is CC1CCN(C(=O)CC(=O)NCCc2ccc(Cl)cc2Cl)CC1. The quantitative estimate of drug-likeness (QED) is 0.822. The molecule has 0 unspecified atom stereocenters. The van der Waals surface area contributed by atoms with E-state index in [0.717, 1.165) is 31.5 Å². The molecule has 0 bridgehead atoms. The van der Waals surface area contributed by atoms with Gasteiger partial charge in [-0.05, 0) is 42.9 Å². The monoisotopic (exact) mass is 356 g/mol. The standard InChI is InChI=1S/C17H22Cl2N2O2/c1-12-5-8-21(9-6-12)17(23)11-16(22)20-7-4-13-2-3-14(18)10-15(13)19/h2-3,10,12H,4-9,11H2,1H3,(H,20,22). The lowest BCUT2D eigenvalue weighted by atomic mass is 9.99. The van der Waals surface area contributed by atoms with Crippen molar-refractivity contribution >= 4 is 35.0 Å². The number of amides is 2. The molecule has 1 saturated heterocycles. The zero-order valence-electron chi connectivity index (χ0n) is 13.3. The number of carbonyl (C=O) groups is 2. The maximum atomic E-state index is 12.1. The molecule has 6 heteroatoms. The number of hydrogen-bond donors (Lipinski definition) is 1.